The van der Waals surface area contributed by atoms with E-state index in [1.165, 1.54) is 36.4 Å². The van der Waals surface area contributed by atoms with Crippen molar-refractivity contribution in [3.8, 4) is 0 Å². The molecule has 9 heteroatoms. The summed E-state index contributed by atoms with van der Waals surface area (Å²) in [5.74, 6) is -5.78. The van der Waals surface area contributed by atoms with Gasteiger partial charge in [0.15, 0.2) is 0 Å². The number of hydrogen-bond acceptors (Lipinski definition) is 7. The Morgan fingerprint density at radius 3 is 1.04 bits per heavy atom. The number of hydrogen-bond donors (Lipinski definition) is 1. The van der Waals surface area contributed by atoms with Crippen molar-refractivity contribution >= 4 is 32.3 Å². The Morgan fingerprint density at radius 2 is 0.840 bits per heavy atom. The van der Waals surface area contributed by atoms with Gasteiger partial charge < -0.3 is 34.8 Å². The van der Waals surface area contributed by atoms with Crippen LogP contribution in [0.25, 0.3) is 0 Å². The minimum atomic E-state index is -1.52. The van der Waals surface area contributed by atoms with E-state index in [1.807, 2.05) is 0 Å². The van der Waals surface area contributed by atoms with Gasteiger partial charge >= 0.3 is 14.4 Å². The summed E-state index contributed by atoms with van der Waals surface area (Å²) in [6.45, 7) is 0. The van der Waals surface area contributed by atoms with Gasteiger partial charge in [0.25, 0.3) is 0 Å². The van der Waals surface area contributed by atoms with E-state index in [4.69, 9.17) is 5.11 Å². The van der Waals surface area contributed by atoms with Crippen molar-refractivity contribution in [1.29, 1.82) is 0 Å². The van der Waals surface area contributed by atoms with Gasteiger partial charge in [0.05, 0.1) is 23.5 Å². The average Bonchev–Trinajstić information content (AvgIpc) is 2.55. The summed E-state index contributed by atoms with van der Waals surface area (Å²) in [5.41, 5.74) is -1.28. The maximum Gasteiger partial charge on any atom is 3.00 e. The first-order chi connectivity index (χ1) is 11.3. The van der Waals surface area contributed by atoms with E-state index < -0.39 is 23.9 Å². The second kappa shape index (κ2) is 9.51. The molecule has 0 atom stereocenters. The molecule has 0 aliphatic carbocycles. The zero-order valence-electron chi connectivity index (χ0n) is 12.5. The molecule has 2 rings (SSSR count). The third-order valence-electron chi connectivity index (χ3n) is 2.74. The Kier molecular flexibility index (Phi) is 8.13. The molecule has 0 spiro atoms. The van der Waals surface area contributed by atoms with Crippen LogP contribution in [-0.4, -0.2) is 37.4 Å². The summed E-state index contributed by atoms with van der Waals surface area (Å²) >= 11 is 0. The fourth-order valence-electron chi connectivity index (χ4n) is 1.69. The number of aromatic carboxylic acids is 4. The second-order valence-corrected chi connectivity index (χ2v) is 4.26. The van der Waals surface area contributed by atoms with Crippen LogP contribution in [0.1, 0.15) is 41.4 Å². The first-order valence-electron chi connectivity index (χ1n) is 6.31. The molecule has 0 saturated carbocycles. The van der Waals surface area contributed by atoms with E-state index in [-0.39, 0.29) is 30.7 Å². The standard InChI is InChI=1S/2C8H6O4.B/c2*9-7(10)5-3-1-2-4-6(5)8(11)12;/h2*1-4H,(H,9,10)(H,11,12);/q;;+3/p-3. The zero-order chi connectivity index (χ0) is 18.3. The molecule has 0 fully saturated rings. The molecule has 0 aromatic heterocycles. The Labute approximate surface area is 143 Å². The van der Waals surface area contributed by atoms with Crippen molar-refractivity contribution in [2.24, 2.45) is 0 Å². The van der Waals surface area contributed by atoms with Crippen LogP contribution < -0.4 is 15.3 Å². The molecule has 1 N–H and O–H groups in total. The fourth-order valence-corrected chi connectivity index (χ4v) is 1.69. The molecular weight excluding hydrogens is 331 g/mol. The van der Waals surface area contributed by atoms with Crippen molar-refractivity contribution in [2.45, 2.75) is 0 Å². The monoisotopic (exact) mass is 340 g/mol. The predicted molar refractivity (Wildman–Crippen MR) is 78.6 cm³/mol. The number of carboxylic acids is 4. The normalized spacial score (nSPS) is 8.96. The van der Waals surface area contributed by atoms with Gasteiger partial charge in [0, 0.05) is 16.7 Å². The van der Waals surface area contributed by atoms with Crippen LogP contribution in [0.4, 0.5) is 0 Å². The van der Waals surface area contributed by atoms with Gasteiger partial charge in [-0.1, -0.05) is 42.5 Å². The Hall–Kier alpha value is -3.62. The van der Waals surface area contributed by atoms with Crippen molar-refractivity contribution < 1.29 is 39.6 Å². The summed E-state index contributed by atoms with van der Waals surface area (Å²) < 4.78 is 0. The first-order valence-corrected chi connectivity index (χ1v) is 6.31. The molecule has 124 valence electrons. The topological polar surface area (TPSA) is 158 Å². The van der Waals surface area contributed by atoms with E-state index in [1.54, 1.807) is 0 Å². The van der Waals surface area contributed by atoms with Crippen LogP contribution in [0.3, 0.4) is 0 Å². The zero-order valence-corrected chi connectivity index (χ0v) is 12.5. The Balaban J connectivity index is 0.000000443. The third-order valence-corrected chi connectivity index (χ3v) is 2.74. The molecule has 0 aliphatic rings. The maximum absolute atomic E-state index is 10.4. The Bertz CT molecular complexity index is 667. The summed E-state index contributed by atoms with van der Waals surface area (Å²) in [6, 6.07) is 10.4. The van der Waals surface area contributed by atoms with E-state index in [0.29, 0.717) is 0 Å². The predicted octanol–water partition coefficient (Wildman–Crippen LogP) is -2.22. The number of benzene rings is 2. The van der Waals surface area contributed by atoms with Crippen LogP contribution in [0.15, 0.2) is 48.5 Å². The Morgan fingerprint density at radius 1 is 0.600 bits per heavy atom. The van der Waals surface area contributed by atoms with Gasteiger partial charge in [-0.2, -0.15) is 0 Å². The summed E-state index contributed by atoms with van der Waals surface area (Å²) in [7, 11) is 0. The number of carbonyl (C=O) groups excluding carboxylic acids is 3. The minimum absolute atomic E-state index is 0. The molecule has 25 heavy (non-hydrogen) atoms. The minimum Gasteiger partial charge on any atom is -0.545 e. The van der Waals surface area contributed by atoms with Gasteiger partial charge in [-0.25, -0.2) is 4.79 Å². The van der Waals surface area contributed by atoms with Gasteiger partial charge in [0.2, 0.25) is 0 Å². The largest absolute Gasteiger partial charge is 3.00 e. The van der Waals surface area contributed by atoms with Crippen LogP contribution in [0, 0.1) is 0 Å². The molecule has 8 nitrogen and oxygen atoms in total. The summed E-state index contributed by atoms with van der Waals surface area (Å²) in [6.07, 6.45) is 0. The van der Waals surface area contributed by atoms with Crippen LogP contribution in [0.5, 0.6) is 0 Å². The van der Waals surface area contributed by atoms with Crippen LogP contribution >= 0.6 is 0 Å². The molecule has 2 aromatic carbocycles. The van der Waals surface area contributed by atoms with Crippen molar-refractivity contribution in [1.82, 2.24) is 0 Å². The average molecular weight is 340 g/mol. The maximum atomic E-state index is 10.4. The summed E-state index contributed by atoms with van der Waals surface area (Å²) in [5, 5.41) is 39.5. The second-order valence-electron chi connectivity index (χ2n) is 4.26. The first kappa shape index (κ1) is 21.4. The van der Waals surface area contributed by atoms with Crippen LogP contribution in [-0.2, 0) is 0 Å². The van der Waals surface area contributed by atoms with E-state index in [9.17, 15) is 34.5 Å². The van der Waals surface area contributed by atoms with Crippen molar-refractivity contribution in [3.05, 3.63) is 70.8 Å². The molecular formula is C16H9BO8. The number of rotatable bonds is 4. The fraction of sp³-hybridized carbons (Fsp3) is 0. The molecule has 0 aliphatic heterocycles. The SMILES string of the molecule is O=C([O-])c1ccccc1C(=O)O.O=C([O-])c1ccccc1C(=O)[O-].[B+3]. The molecule has 0 heterocycles. The van der Waals surface area contributed by atoms with Crippen LogP contribution in [0.2, 0.25) is 0 Å². The quantitative estimate of drug-likeness (QED) is 0.613. The van der Waals surface area contributed by atoms with Gasteiger partial charge in [-0.3, -0.25) is 0 Å². The molecule has 0 amide bonds. The van der Waals surface area contributed by atoms with Crippen molar-refractivity contribution in [3.63, 3.8) is 0 Å². The number of carboxylic acid groups (broad SMARTS) is 4. The van der Waals surface area contributed by atoms with E-state index in [0.717, 1.165) is 12.1 Å². The van der Waals surface area contributed by atoms with Crippen molar-refractivity contribution in [2.75, 3.05) is 0 Å². The van der Waals surface area contributed by atoms with E-state index >= 15 is 0 Å². The van der Waals surface area contributed by atoms with Gasteiger partial charge in [-0.05, 0) is 6.07 Å². The molecule has 0 bridgehead atoms. The number of carbonyl (C=O) groups is 4. The van der Waals surface area contributed by atoms with Gasteiger partial charge in [-0.15, -0.1) is 0 Å². The van der Waals surface area contributed by atoms with E-state index in [2.05, 4.69) is 0 Å². The molecule has 0 radical (unpaired) electrons. The van der Waals surface area contributed by atoms with Gasteiger partial charge in [0.1, 0.15) is 0 Å². The molecule has 2 aromatic rings. The molecule has 0 saturated heterocycles. The summed E-state index contributed by atoms with van der Waals surface area (Å²) in [4.78, 5) is 41.4. The third kappa shape index (κ3) is 5.83. The smallest absolute Gasteiger partial charge is 0.545 e. The molecule has 0 unspecified atom stereocenters.